The van der Waals surface area contributed by atoms with Crippen molar-refractivity contribution in [1.82, 2.24) is 0 Å². The first-order valence-corrected chi connectivity index (χ1v) is 6.94. The van der Waals surface area contributed by atoms with Gasteiger partial charge in [0.15, 0.2) is 0 Å². The Labute approximate surface area is 128 Å². The van der Waals surface area contributed by atoms with Gasteiger partial charge in [-0.2, -0.15) is 15.8 Å². The molecule has 0 radical (unpaired) electrons. The lowest BCUT2D eigenvalue weighted by atomic mass is 9.97. The molecule has 0 bridgehead atoms. The van der Waals surface area contributed by atoms with Crippen LogP contribution in [-0.4, -0.2) is 11.5 Å². The Hall–Kier alpha value is -2.98. The predicted octanol–water partition coefficient (Wildman–Crippen LogP) is 2.11. The van der Waals surface area contributed by atoms with Gasteiger partial charge in [-0.15, -0.1) is 0 Å². The van der Waals surface area contributed by atoms with Crippen molar-refractivity contribution in [1.29, 1.82) is 15.8 Å². The highest BCUT2D eigenvalue weighted by molar-refractivity contribution is 5.84. The molecule has 0 amide bonds. The van der Waals surface area contributed by atoms with Crippen molar-refractivity contribution in [3.63, 3.8) is 0 Å². The molecule has 22 heavy (non-hydrogen) atoms. The minimum absolute atomic E-state index is 0.0256. The van der Waals surface area contributed by atoms with Gasteiger partial charge >= 0.3 is 5.79 Å². The van der Waals surface area contributed by atoms with Crippen molar-refractivity contribution < 1.29 is 9.57 Å². The fourth-order valence-corrected chi connectivity index (χ4v) is 2.53. The zero-order valence-corrected chi connectivity index (χ0v) is 12.2. The van der Waals surface area contributed by atoms with Crippen molar-refractivity contribution in [3.05, 3.63) is 22.6 Å². The number of nitrogens with two attached hydrogens (primary N) is 1. The van der Waals surface area contributed by atoms with Crippen LogP contribution in [0.1, 0.15) is 39.0 Å². The van der Waals surface area contributed by atoms with Crippen LogP contribution in [0.3, 0.4) is 0 Å². The summed E-state index contributed by atoms with van der Waals surface area (Å²) in [7, 11) is 0. The van der Waals surface area contributed by atoms with Gasteiger partial charge in [-0.1, -0.05) is 11.6 Å². The number of nitrogens with zero attached hydrogens (tertiary/aromatic N) is 4. The zero-order chi connectivity index (χ0) is 16.2. The molecule has 0 spiro atoms. The first-order valence-electron chi connectivity index (χ1n) is 6.94. The molecule has 1 unspecified atom stereocenters. The summed E-state index contributed by atoms with van der Waals surface area (Å²) < 4.78 is 5.39. The fourth-order valence-electron chi connectivity index (χ4n) is 2.53. The fraction of sp³-hybridized carbons (Fsp3) is 0.467. The average molecular weight is 297 g/mol. The van der Waals surface area contributed by atoms with Crippen molar-refractivity contribution in [2.24, 2.45) is 10.9 Å². The van der Waals surface area contributed by atoms with E-state index in [0.717, 1.165) is 37.8 Å². The van der Waals surface area contributed by atoms with Crippen LogP contribution in [0, 0.1) is 34.0 Å². The second kappa shape index (κ2) is 6.20. The normalized spacial score (nSPS) is 23.9. The topological polar surface area (TPSA) is 128 Å². The third-order valence-corrected chi connectivity index (χ3v) is 3.62. The van der Waals surface area contributed by atoms with Gasteiger partial charge in [0.25, 0.3) is 0 Å². The molecule has 112 valence electrons. The first kappa shape index (κ1) is 15.4. The lowest BCUT2D eigenvalue weighted by molar-refractivity contribution is -0.165. The van der Waals surface area contributed by atoms with E-state index in [1.165, 1.54) is 6.92 Å². The quantitative estimate of drug-likeness (QED) is 0.614. The van der Waals surface area contributed by atoms with E-state index in [1.807, 2.05) is 6.07 Å². The first-order chi connectivity index (χ1) is 10.6. The Bertz CT molecular complexity index is 675. The van der Waals surface area contributed by atoms with Crippen molar-refractivity contribution in [3.8, 4) is 18.2 Å². The van der Waals surface area contributed by atoms with E-state index >= 15 is 0 Å². The van der Waals surface area contributed by atoms with Gasteiger partial charge in [-0.05, 0) is 25.7 Å². The van der Waals surface area contributed by atoms with E-state index in [0.29, 0.717) is 0 Å². The number of oxime groups is 1. The van der Waals surface area contributed by atoms with E-state index in [9.17, 15) is 5.26 Å². The highest BCUT2D eigenvalue weighted by Crippen LogP contribution is 2.40. The highest BCUT2D eigenvalue weighted by Gasteiger charge is 2.47. The number of ether oxygens (including phenoxy) is 1. The Balaban J connectivity index is 2.38. The zero-order valence-electron chi connectivity index (χ0n) is 12.2. The van der Waals surface area contributed by atoms with Crippen LogP contribution in [0.25, 0.3) is 0 Å². The van der Waals surface area contributed by atoms with Gasteiger partial charge in [-0.25, -0.2) is 0 Å². The number of hydrogen-bond donors (Lipinski definition) is 1. The molecule has 2 N–H and O–H groups in total. The summed E-state index contributed by atoms with van der Waals surface area (Å²) in [6.07, 6.45) is 4.94. The summed E-state index contributed by atoms with van der Waals surface area (Å²) in [6, 6.07) is 5.33. The third-order valence-electron chi connectivity index (χ3n) is 3.62. The van der Waals surface area contributed by atoms with Gasteiger partial charge in [0, 0.05) is 6.92 Å². The maximum atomic E-state index is 9.18. The molecular weight excluding hydrogens is 282 g/mol. The van der Waals surface area contributed by atoms with Crippen LogP contribution in [-0.2, 0) is 9.57 Å². The number of rotatable bonds is 2. The summed E-state index contributed by atoms with van der Waals surface area (Å²) >= 11 is 0. The van der Waals surface area contributed by atoms with Gasteiger partial charge in [0.05, 0.1) is 11.3 Å². The standard InChI is InChI=1S/C15H15N5O2/c1-15(22-20-11-5-3-2-4-6-11)13(10(7-16)8-17)12(9-18)14(19)21-15/h2-6,19H2,1H3. The number of hydrogen-bond acceptors (Lipinski definition) is 7. The number of allylic oxidation sites excluding steroid dienone is 1. The van der Waals surface area contributed by atoms with E-state index in [2.05, 4.69) is 5.16 Å². The Morgan fingerprint density at radius 1 is 1.23 bits per heavy atom. The molecule has 0 aromatic carbocycles. The van der Waals surface area contributed by atoms with E-state index in [4.69, 9.17) is 25.8 Å². The Morgan fingerprint density at radius 2 is 1.86 bits per heavy atom. The molecule has 0 aromatic heterocycles. The molecule has 2 rings (SSSR count). The van der Waals surface area contributed by atoms with E-state index in [1.54, 1.807) is 12.1 Å². The third kappa shape index (κ3) is 2.73. The molecule has 2 aliphatic rings. The van der Waals surface area contributed by atoms with Crippen LogP contribution >= 0.6 is 0 Å². The van der Waals surface area contributed by atoms with Gasteiger partial charge in [-0.3, -0.25) is 0 Å². The van der Waals surface area contributed by atoms with Crippen molar-refractivity contribution in [2.75, 3.05) is 0 Å². The highest BCUT2D eigenvalue weighted by atomic mass is 16.8. The second-order valence-electron chi connectivity index (χ2n) is 5.18. The van der Waals surface area contributed by atoms with E-state index in [-0.39, 0.29) is 22.6 Å². The minimum Gasteiger partial charge on any atom is -0.430 e. The van der Waals surface area contributed by atoms with Crippen molar-refractivity contribution >= 4 is 5.71 Å². The molecular formula is C15H15N5O2. The molecule has 0 aromatic rings. The monoisotopic (exact) mass is 297 g/mol. The molecule has 1 aliphatic carbocycles. The van der Waals surface area contributed by atoms with Gasteiger partial charge < -0.3 is 15.3 Å². The molecule has 1 fully saturated rings. The van der Waals surface area contributed by atoms with Crippen molar-refractivity contribution in [2.45, 2.75) is 44.8 Å². The maximum absolute atomic E-state index is 9.18. The lowest BCUT2D eigenvalue weighted by Crippen LogP contribution is -2.31. The lowest BCUT2D eigenvalue weighted by Gasteiger charge is -2.24. The SMILES string of the molecule is CC1(ON=C2CCCCC2)OC(N)=C(C#N)C1=C(C#N)C#N. The molecule has 1 aliphatic heterocycles. The largest absolute Gasteiger partial charge is 0.430 e. The van der Waals surface area contributed by atoms with Gasteiger partial charge in [0.2, 0.25) is 5.88 Å². The molecule has 0 saturated heterocycles. The van der Waals surface area contributed by atoms with Crippen LogP contribution in [0.5, 0.6) is 0 Å². The molecule has 1 saturated carbocycles. The molecule has 1 heterocycles. The Morgan fingerprint density at radius 3 is 2.41 bits per heavy atom. The van der Waals surface area contributed by atoms with Crippen LogP contribution in [0.15, 0.2) is 27.8 Å². The van der Waals surface area contributed by atoms with Crippen LogP contribution in [0.2, 0.25) is 0 Å². The summed E-state index contributed by atoms with van der Waals surface area (Å²) in [6.45, 7) is 1.49. The van der Waals surface area contributed by atoms with Crippen LogP contribution < -0.4 is 5.73 Å². The minimum atomic E-state index is -1.54. The average Bonchev–Trinajstić information content (AvgIpc) is 2.79. The maximum Gasteiger partial charge on any atom is 0.304 e. The molecule has 1 atom stereocenters. The summed E-state index contributed by atoms with van der Waals surface area (Å²) in [5.74, 6) is -1.72. The van der Waals surface area contributed by atoms with Gasteiger partial charge in [0.1, 0.15) is 29.4 Å². The summed E-state index contributed by atoms with van der Waals surface area (Å²) in [5, 5.41) is 31.4. The van der Waals surface area contributed by atoms with E-state index < -0.39 is 5.79 Å². The number of nitriles is 3. The smallest absolute Gasteiger partial charge is 0.304 e. The molecule has 7 heteroatoms. The second-order valence-corrected chi connectivity index (χ2v) is 5.18. The summed E-state index contributed by atoms with van der Waals surface area (Å²) in [4.78, 5) is 5.46. The Kier molecular flexibility index (Phi) is 4.34. The molecule has 7 nitrogen and oxygen atoms in total. The summed E-state index contributed by atoms with van der Waals surface area (Å²) in [5.41, 5.74) is 6.25. The predicted molar refractivity (Wildman–Crippen MR) is 76.2 cm³/mol. The van der Waals surface area contributed by atoms with Crippen LogP contribution in [0.4, 0.5) is 0 Å².